The van der Waals surface area contributed by atoms with E-state index in [9.17, 15) is 5.11 Å². The second-order valence-corrected chi connectivity index (χ2v) is 4.42. The number of aromatic nitrogens is 1. The minimum Gasteiger partial charge on any atom is -0.508 e. The van der Waals surface area contributed by atoms with Gasteiger partial charge in [0.15, 0.2) is 0 Å². The number of aromatic hydroxyl groups is 1. The molecule has 1 heterocycles. The fraction of sp³-hybridized carbons (Fsp3) is 0.0769. The maximum Gasteiger partial charge on any atom is 0.134 e. The highest BCUT2D eigenvalue weighted by molar-refractivity contribution is 7.11. The number of nitrogens with zero attached hydrogens (tertiary/aromatic N) is 2. The first-order chi connectivity index (χ1) is 8.19. The predicted octanol–water partition coefficient (Wildman–Crippen LogP) is 3.22. The molecule has 0 unspecified atom stereocenters. The Morgan fingerprint density at radius 3 is 2.94 bits per heavy atom. The van der Waals surface area contributed by atoms with E-state index in [2.05, 4.69) is 11.1 Å². The van der Waals surface area contributed by atoms with Crippen molar-refractivity contribution < 1.29 is 5.11 Å². The van der Waals surface area contributed by atoms with Crippen molar-refractivity contribution >= 4 is 23.0 Å². The first-order valence-corrected chi connectivity index (χ1v) is 5.90. The van der Waals surface area contributed by atoms with Crippen LogP contribution >= 0.6 is 11.3 Å². The minimum atomic E-state index is 0.186. The van der Waals surface area contributed by atoms with Gasteiger partial charge in [-0.25, -0.2) is 4.98 Å². The zero-order valence-electron chi connectivity index (χ0n) is 9.21. The number of nitriles is 1. The number of phenols is 1. The normalized spacial score (nSPS) is 11.2. The molecule has 0 amide bonds. The quantitative estimate of drug-likeness (QED) is 0.822. The largest absolute Gasteiger partial charge is 0.508 e. The van der Waals surface area contributed by atoms with Crippen molar-refractivity contribution in [2.45, 2.75) is 6.92 Å². The Hall–Kier alpha value is -2.12. The van der Waals surface area contributed by atoms with Crippen LogP contribution in [0.5, 0.6) is 5.75 Å². The molecule has 84 valence electrons. The molecular formula is C13H10N2OS. The molecule has 0 aliphatic carbocycles. The molecule has 3 nitrogen and oxygen atoms in total. The molecule has 0 saturated carbocycles. The van der Waals surface area contributed by atoms with Crippen LogP contribution < -0.4 is 0 Å². The van der Waals surface area contributed by atoms with Crippen LogP contribution in [0.15, 0.2) is 29.6 Å². The minimum absolute atomic E-state index is 0.186. The van der Waals surface area contributed by atoms with Gasteiger partial charge in [-0.2, -0.15) is 5.26 Å². The standard InChI is InChI=1S/C13H10N2OS/c1-9-8-17-13(15-9)11(7-14)5-10-3-2-4-12(16)6-10/h2-6,8,16H,1H3/b11-5+. The van der Waals surface area contributed by atoms with E-state index in [0.29, 0.717) is 10.6 Å². The molecule has 0 fully saturated rings. The highest BCUT2D eigenvalue weighted by atomic mass is 32.1. The fourth-order valence-electron chi connectivity index (χ4n) is 1.40. The highest BCUT2D eigenvalue weighted by Crippen LogP contribution is 2.22. The molecule has 2 rings (SSSR count). The molecule has 0 bridgehead atoms. The molecule has 0 aliphatic rings. The lowest BCUT2D eigenvalue weighted by atomic mass is 10.1. The Morgan fingerprint density at radius 2 is 2.35 bits per heavy atom. The van der Waals surface area contributed by atoms with E-state index in [1.165, 1.54) is 11.3 Å². The Bertz CT molecular complexity index is 608. The van der Waals surface area contributed by atoms with Crippen LogP contribution in [0.1, 0.15) is 16.3 Å². The van der Waals surface area contributed by atoms with Crippen LogP contribution in [0.25, 0.3) is 11.6 Å². The smallest absolute Gasteiger partial charge is 0.134 e. The first-order valence-electron chi connectivity index (χ1n) is 5.02. The average molecular weight is 242 g/mol. The lowest BCUT2D eigenvalue weighted by molar-refractivity contribution is 0.475. The summed E-state index contributed by atoms with van der Waals surface area (Å²) in [5, 5.41) is 21.1. The van der Waals surface area contributed by atoms with Crippen LogP contribution in [0.4, 0.5) is 0 Å². The third kappa shape index (κ3) is 2.71. The first kappa shape index (κ1) is 11.4. The maximum atomic E-state index is 9.35. The number of thiazole rings is 1. The summed E-state index contributed by atoms with van der Waals surface area (Å²) in [6.45, 7) is 1.89. The number of benzene rings is 1. The molecule has 1 N–H and O–H groups in total. The average Bonchev–Trinajstić information content (AvgIpc) is 2.73. The molecule has 1 aromatic heterocycles. The second-order valence-electron chi connectivity index (χ2n) is 3.56. The number of hydrogen-bond donors (Lipinski definition) is 1. The van der Waals surface area contributed by atoms with Gasteiger partial charge in [-0.15, -0.1) is 11.3 Å². The maximum absolute atomic E-state index is 9.35. The molecule has 2 aromatic rings. The van der Waals surface area contributed by atoms with Gasteiger partial charge in [0.05, 0.1) is 5.57 Å². The summed E-state index contributed by atoms with van der Waals surface area (Å²) >= 11 is 1.44. The van der Waals surface area contributed by atoms with Crippen molar-refractivity contribution in [2.75, 3.05) is 0 Å². The van der Waals surface area contributed by atoms with E-state index in [4.69, 9.17) is 5.26 Å². The van der Waals surface area contributed by atoms with Gasteiger partial charge in [-0.1, -0.05) is 12.1 Å². The molecule has 0 radical (unpaired) electrons. The zero-order chi connectivity index (χ0) is 12.3. The highest BCUT2D eigenvalue weighted by Gasteiger charge is 2.05. The number of aryl methyl sites for hydroxylation is 1. The third-order valence-corrected chi connectivity index (χ3v) is 3.14. The number of rotatable bonds is 2. The van der Waals surface area contributed by atoms with Crippen LogP contribution in [-0.4, -0.2) is 10.1 Å². The SMILES string of the molecule is Cc1csc(/C(C#N)=C/c2cccc(O)c2)n1. The number of hydrogen-bond acceptors (Lipinski definition) is 4. The van der Waals surface area contributed by atoms with E-state index in [1.54, 1.807) is 24.3 Å². The summed E-state index contributed by atoms with van der Waals surface area (Å²) in [4.78, 5) is 4.27. The number of allylic oxidation sites excluding steroid dienone is 1. The summed E-state index contributed by atoms with van der Waals surface area (Å²) in [7, 11) is 0. The lowest BCUT2D eigenvalue weighted by Crippen LogP contribution is -1.81. The molecule has 1 aromatic carbocycles. The van der Waals surface area contributed by atoms with Crippen molar-refractivity contribution in [3.05, 3.63) is 45.9 Å². The van der Waals surface area contributed by atoms with E-state index in [1.807, 2.05) is 18.4 Å². The van der Waals surface area contributed by atoms with Crippen molar-refractivity contribution in [1.29, 1.82) is 5.26 Å². The van der Waals surface area contributed by atoms with Gasteiger partial charge < -0.3 is 5.11 Å². The van der Waals surface area contributed by atoms with Crippen molar-refractivity contribution in [3.63, 3.8) is 0 Å². The van der Waals surface area contributed by atoms with Gasteiger partial charge in [-0.3, -0.25) is 0 Å². The van der Waals surface area contributed by atoms with Gasteiger partial charge in [0, 0.05) is 11.1 Å². The predicted molar refractivity (Wildman–Crippen MR) is 68.4 cm³/mol. The summed E-state index contributed by atoms with van der Waals surface area (Å²) < 4.78 is 0. The third-order valence-electron chi connectivity index (χ3n) is 2.15. The zero-order valence-corrected chi connectivity index (χ0v) is 10.0. The molecule has 0 saturated heterocycles. The van der Waals surface area contributed by atoms with Gasteiger partial charge in [0.2, 0.25) is 0 Å². The molecule has 0 spiro atoms. The van der Waals surface area contributed by atoms with Gasteiger partial charge in [0.25, 0.3) is 0 Å². The van der Waals surface area contributed by atoms with E-state index in [0.717, 1.165) is 11.3 Å². The molecular weight excluding hydrogens is 232 g/mol. The van der Waals surface area contributed by atoms with Crippen LogP contribution in [0.2, 0.25) is 0 Å². The summed E-state index contributed by atoms with van der Waals surface area (Å²) in [5.41, 5.74) is 2.20. The van der Waals surface area contributed by atoms with Crippen molar-refractivity contribution in [2.24, 2.45) is 0 Å². The van der Waals surface area contributed by atoms with E-state index in [-0.39, 0.29) is 5.75 Å². The number of phenolic OH excluding ortho intramolecular Hbond substituents is 1. The molecule has 4 heteroatoms. The molecule has 0 aliphatic heterocycles. The summed E-state index contributed by atoms with van der Waals surface area (Å²) in [6, 6.07) is 8.90. The van der Waals surface area contributed by atoms with Crippen molar-refractivity contribution in [3.8, 4) is 11.8 Å². The Morgan fingerprint density at radius 1 is 1.53 bits per heavy atom. The van der Waals surface area contributed by atoms with E-state index < -0.39 is 0 Å². The van der Waals surface area contributed by atoms with E-state index >= 15 is 0 Å². The summed E-state index contributed by atoms with van der Waals surface area (Å²) in [5.74, 6) is 0.186. The Labute approximate surface area is 103 Å². The Balaban J connectivity index is 2.40. The monoisotopic (exact) mass is 242 g/mol. The van der Waals surface area contributed by atoms with Gasteiger partial charge in [-0.05, 0) is 30.7 Å². The molecule has 0 atom stereocenters. The van der Waals surface area contributed by atoms with Crippen LogP contribution in [0, 0.1) is 18.3 Å². The molecule has 17 heavy (non-hydrogen) atoms. The van der Waals surface area contributed by atoms with Gasteiger partial charge in [0.1, 0.15) is 16.8 Å². The van der Waals surface area contributed by atoms with Crippen molar-refractivity contribution in [1.82, 2.24) is 4.98 Å². The fourth-order valence-corrected chi connectivity index (χ4v) is 2.16. The second kappa shape index (κ2) is 4.81. The summed E-state index contributed by atoms with van der Waals surface area (Å²) in [6.07, 6.45) is 1.72. The van der Waals surface area contributed by atoms with Gasteiger partial charge >= 0.3 is 0 Å². The Kier molecular flexibility index (Phi) is 3.22. The topological polar surface area (TPSA) is 56.9 Å². The lowest BCUT2D eigenvalue weighted by Gasteiger charge is -1.96. The van der Waals surface area contributed by atoms with Crippen LogP contribution in [0.3, 0.4) is 0 Å². The van der Waals surface area contributed by atoms with Crippen LogP contribution in [-0.2, 0) is 0 Å².